The van der Waals surface area contributed by atoms with Crippen molar-refractivity contribution in [3.05, 3.63) is 70.5 Å². The second-order valence-electron chi connectivity index (χ2n) is 6.46. The van der Waals surface area contributed by atoms with Gasteiger partial charge in [-0.3, -0.25) is 9.59 Å². The van der Waals surface area contributed by atoms with Crippen molar-refractivity contribution < 1.29 is 14.3 Å². The Labute approximate surface area is 173 Å². The highest BCUT2D eigenvalue weighted by Crippen LogP contribution is 2.23. The summed E-state index contributed by atoms with van der Waals surface area (Å²) in [5.41, 5.74) is 4.05. The van der Waals surface area contributed by atoms with Gasteiger partial charge < -0.3 is 15.4 Å². The van der Waals surface area contributed by atoms with Crippen molar-refractivity contribution in [1.29, 1.82) is 0 Å². The number of nitrogens with one attached hydrogen (secondary N) is 2. The zero-order valence-corrected chi connectivity index (χ0v) is 17.1. The number of aromatic nitrogens is 2. The Balaban J connectivity index is 1.71. The summed E-state index contributed by atoms with van der Waals surface area (Å²) in [4.78, 5) is 24.2. The second-order valence-corrected chi connectivity index (χ2v) is 6.84. The number of methoxy groups -OCH3 is 1. The maximum absolute atomic E-state index is 12.6. The molecule has 7 nitrogen and oxygen atoms in total. The van der Waals surface area contributed by atoms with Gasteiger partial charge in [-0.25, -0.2) is 4.68 Å². The van der Waals surface area contributed by atoms with Gasteiger partial charge in [0.2, 0.25) is 5.91 Å². The number of carbonyl (C=O) groups is 2. The number of carbonyl (C=O) groups excluding carboxylic acids is 2. The fourth-order valence-electron chi connectivity index (χ4n) is 2.84. The molecular weight excluding hydrogens is 392 g/mol. The Morgan fingerprint density at radius 1 is 1.07 bits per heavy atom. The van der Waals surface area contributed by atoms with E-state index in [1.807, 2.05) is 26.0 Å². The van der Waals surface area contributed by atoms with Gasteiger partial charge in [-0.05, 0) is 56.3 Å². The minimum absolute atomic E-state index is 0.0383. The third kappa shape index (κ3) is 4.82. The third-order valence-electron chi connectivity index (χ3n) is 4.26. The molecule has 1 heterocycles. The van der Waals surface area contributed by atoms with Gasteiger partial charge in [-0.15, -0.1) is 0 Å². The van der Waals surface area contributed by atoms with Gasteiger partial charge in [0.25, 0.3) is 5.91 Å². The Morgan fingerprint density at radius 2 is 1.72 bits per heavy atom. The molecule has 29 heavy (non-hydrogen) atoms. The molecule has 2 aromatic carbocycles. The lowest BCUT2D eigenvalue weighted by molar-refractivity contribution is -0.119. The quantitative estimate of drug-likeness (QED) is 0.641. The van der Waals surface area contributed by atoms with Gasteiger partial charge in [0.1, 0.15) is 6.61 Å². The lowest BCUT2D eigenvalue weighted by atomic mass is 10.2. The van der Waals surface area contributed by atoms with Crippen LogP contribution in [0.2, 0.25) is 5.02 Å². The molecule has 1 aromatic heterocycles. The molecular formula is C21H21ClN4O3. The first kappa shape index (κ1) is 20.6. The molecule has 3 aromatic rings. The van der Waals surface area contributed by atoms with Crippen molar-refractivity contribution >= 4 is 34.8 Å². The normalized spacial score (nSPS) is 10.6. The number of benzene rings is 2. The first-order valence-corrected chi connectivity index (χ1v) is 9.29. The molecule has 8 heteroatoms. The van der Waals surface area contributed by atoms with Crippen LogP contribution in [0.5, 0.6) is 0 Å². The molecule has 0 aliphatic carbocycles. The summed E-state index contributed by atoms with van der Waals surface area (Å²) in [6.45, 7) is 3.70. The van der Waals surface area contributed by atoms with Crippen molar-refractivity contribution in [2.45, 2.75) is 13.8 Å². The first-order valence-electron chi connectivity index (χ1n) is 8.91. The first-order chi connectivity index (χ1) is 13.9. The lowest BCUT2D eigenvalue weighted by Gasteiger charge is -2.09. The summed E-state index contributed by atoms with van der Waals surface area (Å²) in [7, 11) is 1.45. The van der Waals surface area contributed by atoms with Crippen LogP contribution in [0.3, 0.4) is 0 Å². The average molecular weight is 413 g/mol. The summed E-state index contributed by atoms with van der Waals surface area (Å²) in [6, 6.07) is 14.0. The van der Waals surface area contributed by atoms with Gasteiger partial charge in [-0.2, -0.15) is 5.10 Å². The van der Waals surface area contributed by atoms with Gasteiger partial charge in [0.15, 0.2) is 0 Å². The molecule has 0 saturated heterocycles. The maximum atomic E-state index is 12.6. The van der Waals surface area contributed by atoms with Crippen LogP contribution in [0.15, 0.2) is 48.5 Å². The van der Waals surface area contributed by atoms with Crippen LogP contribution in [-0.2, 0) is 9.53 Å². The number of halogens is 1. The molecule has 0 unspecified atom stereocenters. The minimum atomic E-state index is -0.268. The Kier molecular flexibility index (Phi) is 6.31. The van der Waals surface area contributed by atoms with Crippen molar-refractivity contribution in [2.75, 3.05) is 24.4 Å². The van der Waals surface area contributed by atoms with E-state index >= 15 is 0 Å². The summed E-state index contributed by atoms with van der Waals surface area (Å²) >= 11 is 6.20. The van der Waals surface area contributed by atoms with E-state index in [-0.39, 0.29) is 18.4 Å². The zero-order chi connectivity index (χ0) is 21.0. The van der Waals surface area contributed by atoms with E-state index in [9.17, 15) is 9.59 Å². The lowest BCUT2D eigenvalue weighted by Crippen LogP contribution is -2.17. The number of hydrogen-bond acceptors (Lipinski definition) is 4. The topological polar surface area (TPSA) is 85.3 Å². The van der Waals surface area contributed by atoms with Crippen LogP contribution in [0.25, 0.3) is 5.69 Å². The largest absolute Gasteiger partial charge is 0.375 e. The number of ether oxygens (including phenoxy) is 1. The van der Waals surface area contributed by atoms with Gasteiger partial charge in [0.05, 0.1) is 22.1 Å². The van der Waals surface area contributed by atoms with E-state index < -0.39 is 0 Å². The van der Waals surface area contributed by atoms with E-state index in [1.54, 1.807) is 41.1 Å². The summed E-state index contributed by atoms with van der Waals surface area (Å²) < 4.78 is 6.53. The molecule has 0 fully saturated rings. The van der Waals surface area contributed by atoms with Gasteiger partial charge in [-0.1, -0.05) is 17.7 Å². The molecule has 0 aliphatic rings. The van der Waals surface area contributed by atoms with Crippen LogP contribution in [0.4, 0.5) is 11.4 Å². The molecule has 150 valence electrons. The standard InChI is InChI=1S/C21H21ClN4O3/c1-13-20(22)14(2)26(25-13)18-9-7-15(8-10-18)21(28)24-17-6-4-5-16(11-17)23-19(27)12-29-3/h4-11H,12H2,1-3H3,(H,23,27)(H,24,28). The molecule has 0 bridgehead atoms. The van der Waals surface area contributed by atoms with E-state index in [4.69, 9.17) is 16.3 Å². The second kappa shape index (κ2) is 8.89. The summed E-state index contributed by atoms with van der Waals surface area (Å²) in [6.07, 6.45) is 0. The smallest absolute Gasteiger partial charge is 0.255 e. The van der Waals surface area contributed by atoms with Crippen LogP contribution in [-0.4, -0.2) is 35.3 Å². The number of aryl methyl sites for hydroxylation is 1. The van der Waals surface area contributed by atoms with Crippen LogP contribution < -0.4 is 10.6 Å². The van der Waals surface area contributed by atoms with Crippen molar-refractivity contribution in [3.63, 3.8) is 0 Å². The zero-order valence-electron chi connectivity index (χ0n) is 16.3. The molecule has 0 spiro atoms. The third-order valence-corrected chi connectivity index (χ3v) is 4.80. The van der Waals surface area contributed by atoms with Crippen molar-refractivity contribution in [1.82, 2.24) is 9.78 Å². The molecule has 2 N–H and O–H groups in total. The Bertz CT molecular complexity index is 1040. The fraction of sp³-hybridized carbons (Fsp3) is 0.190. The monoisotopic (exact) mass is 412 g/mol. The SMILES string of the molecule is COCC(=O)Nc1cccc(NC(=O)c2ccc(-n3nc(C)c(Cl)c3C)cc2)c1. The highest BCUT2D eigenvalue weighted by Gasteiger charge is 2.12. The Hall–Kier alpha value is -3.16. The van der Waals surface area contributed by atoms with E-state index in [2.05, 4.69) is 15.7 Å². The highest BCUT2D eigenvalue weighted by atomic mass is 35.5. The highest BCUT2D eigenvalue weighted by molar-refractivity contribution is 6.31. The number of nitrogens with zero attached hydrogens (tertiary/aromatic N) is 2. The van der Waals surface area contributed by atoms with Crippen LogP contribution >= 0.6 is 11.6 Å². The van der Waals surface area contributed by atoms with Crippen LogP contribution in [0, 0.1) is 13.8 Å². The van der Waals surface area contributed by atoms with E-state index in [0.29, 0.717) is 22.0 Å². The summed E-state index contributed by atoms with van der Waals surface area (Å²) in [5.74, 6) is -0.529. The van der Waals surface area contributed by atoms with Crippen LogP contribution in [0.1, 0.15) is 21.7 Å². The predicted octanol–water partition coefficient (Wildman–Crippen LogP) is 3.98. The van der Waals surface area contributed by atoms with Crippen molar-refractivity contribution in [3.8, 4) is 5.69 Å². The number of rotatable bonds is 6. The fourth-order valence-corrected chi connectivity index (χ4v) is 2.95. The Morgan fingerprint density at radius 3 is 2.31 bits per heavy atom. The molecule has 0 aliphatic heterocycles. The number of hydrogen-bond donors (Lipinski definition) is 2. The molecule has 0 radical (unpaired) electrons. The number of amides is 2. The van der Waals surface area contributed by atoms with Crippen molar-refractivity contribution in [2.24, 2.45) is 0 Å². The van der Waals surface area contributed by atoms with E-state index in [1.165, 1.54) is 7.11 Å². The molecule has 2 amide bonds. The van der Waals surface area contributed by atoms with Gasteiger partial charge >= 0.3 is 0 Å². The molecule has 3 rings (SSSR count). The molecule has 0 atom stereocenters. The number of anilines is 2. The minimum Gasteiger partial charge on any atom is -0.375 e. The van der Waals surface area contributed by atoms with Gasteiger partial charge in [0, 0.05) is 24.0 Å². The summed E-state index contributed by atoms with van der Waals surface area (Å²) in [5, 5.41) is 10.6. The average Bonchev–Trinajstić information content (AvgIpc) is 2.96. The molecule has 0 saturated carbocycles. The maximum Gasteiger partial charge on any atom is 0.255 e. The van der Waals surface area contributed by atoms with E-state index in [0.717, 1.165) is 17.1 Å². The predicted molar refractivity (Wildman–Crippen MR) is 113 cm³/mol.